The Labute approximate surface area is 110 Å². The number of hydrogen-bond acceptors (Lipinski definition) is 4. The maximum Gasteiger partial charge on any atom is 0.292 e. The molecule has 1 atom stereocenters. The summed E-state index contributed by atoms with van der Waals surface area (Å²) in [6, 6.07) is 4.49. The fraction of sp³-hybridized carbons (Fsp3) is 0.500. The van der Waals surface area contributed by atoms with Crippen LogP contribution < -0.4 is 5.32 Å². The summed E-state index contributed by atoms with van der Waals surface area (Å²) in [6.45, 7) is 3.29. The number of ether oxygens (including phenoxy) is 1. The molecule has 0 saturated carbocycles. The third-order valence-electron chi connectivity index (χ3n) is 3.11. The van der Waals surface area contributed by atoms with Crippen molar-refractivity contribution in [3.8, 4) is 0 Å². The zero-order chi connectivity index (χ0) is 13.2. The molecule has 2 rings (SSSR count). The molecule has 1 fully saturated rings. The minimum absolute atomic E-state index is 0.0287. The average Bonchev–Trinajstić information content (AvgIpc) is 2.74. The van der Waals surface area contributed by atoms with Gasteiger partial charge in [0.1, 0.15) is 5.69 Å². The molecule has 1 aliphatic heterocycles. The maximum absolute atomic E-state index is 10.9. The monoisotopic (exact) mass is 270 g/mol. The Balaban J connectivity index is 2.12. The highest BCUT2D eigenvalue weighted by molar-refractivity contribution is 6.31. The van der Waals surface area contributed by atoms with E-state index in [4.69, 9.17) is 16.3 Å². The maximum atomic E-state index is 10.9. The van der Waals surface area contributed by atoms with E-state index in [0.29, 0.717) is 17.3 Å². The number of nitro benzene ring substituents is 1. The number of benzene rings is 1. The Morgan fingerprint density at radius 3 is 3.00 bits per heavy atom. The minimum atomic E-state index is -0.420. The molecule has 1 aromatic carbocycles. The number of anilines is 1. The third-order valence-corrected chi connectivity index (χ3v) is 3.34. The van der Waals surface area contributed by atoms with Crippen molar-refractivity contribution in [3.63, 3.8) is 0 Å². The predicted molar refractivity (Wildman–Crippen MR) is 70.2 cm³/mol. The van der Waals surface area contributed by atoms with E-state index < -0.39 is 4.92 Å². The first-order valence-corrected chi connectivity index (χ1v) is 6.20. The topological polar surface area (TPSA) is 64.4 Å². The fourth-order valence-electron chi connectivity index (χ4n) is 2.07. The molecule has 5 nitrogen and oxygen atoms in total. The van der Waals surface area contributed by atoms with E-state index in [1.165, 1.54) is 12.1 Å². The Kier molecular flexibility index (Phi) is 3.73. The molecule has 6 heteroatoms. The quantitative estimate of drug-likeness (QED) is 0.674. The van der Waals surface area contributed by atoms with Crippen molar-refractivity contribution in [1.29, 1.82) is 0 Å². The van der Waals surface area contributed by atoms with Gasteiger partial charge < -0.3 is 10.1 Å². The van der Waals surface area contributed by atoms with E-state index in [-0.39, 0.29) is 11.3 Å². The Morgan fingerprint density at radius 2 is 2.39 bits per heavy atom. The van der Waals surface area contributed by atoms with E-state index in [9.17, 15) is 10.1 Å². The van der Waals surface area contributed by atoms with Crippen LogP contribution in [0.25, 0.3) is 0 Å². The zero-order valence-corrected chi connectivity index (χ0v) is 10.9. The SMILES string of the molecule is CC1(CNc2cc(Cl)ccc2[N+](=O)[O-])CCCO1. The number of nitrogens with zero attached hydrogens (tertiary/aromatic N) is 1. The lowest BCUT2D eigenvalue weighted by Gasteiger charge is -2.23. The van der Waals surface area contributed by atoms with Crippen molar-refractivity contribution < 1.29 is 9.66 Å². The van der Waals surface area contributed by atoms with Gasteiger partial charge in [0.05, 0.1) is 10.5 Å². The van der Waals surface area contributed by atoms with Gasteiger partial charge in [-0.05, 0) is 31.9 Å². The second kappa shape index (κ2) is 5.12. The number of hydrogen-bond donors (Lipinski definition) is 1. The van der Waals surface area contributed by atoms with Crippen LogP contribution in [0.4, 0.5) is 11.4 Å². The summed E-state index contributed by atoms with van der Waals surface area (Å²) in [6.07, 6.45) is 1.98. The lowest BCUT2D eigenvalue weighted by Crippen LogP contribution is -2.32. The molecule has 0 bridgehead atoms. The number of nitrogens with one attached hydrogen (secondary N) is 1. The zero-order valence-electron chi connectivity index (χ0n) is 10.1. The normalized spacial score (nSPS) is 23.0. The molecule has 0 radical (unpaired) electrons. The summed E-state index contributed by atoms with van der Waals surface area (Å²) < 4.78 is 5.63. The standard InChI is InChI=1S/C12H15ClN2O3/c1-12(5-2-6-18-12)8-14-10-7-9(13)3-4-11(10)15(16)17/h3-4,7,14H,2,5-6,8H2,1H3. The van der Waals surface area contributed by atoms with E-state index >= 15 is 0 Å². The van der Waals surface area contributed by atoms with Gasteiger partial charge in [-0.1, -0.05) is 11.6 Å². The summed E-state index contributed by atoms with van der Waals surface area (Å²) in [5.74, 6) is 0. The van der Waals surface area contributed by atoms with Crippen LogP contribution in [-0.2, 0) is 4.74 Å². The average molecular weight is 271 g/mol. The van der Waals surface area contributed by atoms with Crippen molar-refractivity contribution in [1.82, 2.24) is 0 Å². The van der Waals surface area contributed by atoms with Crippen LogP contribution in [-0.4, -0.2) is 23.7 Å². The van der Waals surface area contributed by atoms with E-state index in [1.54, 1.807) is 6.07 Å². The van der Waals surface area contributed by atoms with E-state index in [0.717, 1.165) is 19.4 Å². The van der Waals surface area contributed by atoms with Crippen molar-refractivity contribution in [2.45, 2.75) is 25.4 Å². The summed E-state index contributed by atoms with van der Waals surface area (Å²) in [4.78, 5) is 10.5. The number of rotatable bonds is 4. The van der Waals surface area contributed by atoms with Crippen LogP contribution in [0.2, 0.25) is 5.02 Å². The molecule has 98 valence electrons. The van der Waals surface area contributed by atoms with Gasteiger partial charge >= 0.3 is 0 Å². The van der Waals surface area contributed by atoms with Gasteiger partial charge in [-0.15, -0.1) is 0 Å². The van der Waals surface area contributed by atoms with Crippen molar-refractivity contribution >= 4 is 23.0 Å². The second-order valence-electron chi connectivity index (χ2n) is 4.67. The van der Waals surface area contributed by atoms with Gasteiger partial charge in [0.25, 0.3) is 5.69 Å². The molecule has 0 amide bonds. The highest BCUT2D eigenvalue weighted by atomic mass is 35.5. The fourth-order valence-corrected chi connectivity index (χ4v) is 2.24. The molecule has 1 aliphatic rings. The molecule has 0 aliphatic carbocycles. The minimum Gasteiger partial charge on any atom is -0.377 e. The smallest absolute Gasteiger partial charge is 0.292 e. The Bertz CT molecular complexity index is 459. The molecular weight excluding hydrogens is 256 g/mol. The van der Waals surface area contributed by atoms with Crippen molar-refractivity contribution in [3.05, 3.63) is 33.3 Å². The summed E-state index contributed by atoms with van der Waals surface area (Å²) in [7, 11) is 0. The van der Waals surface area contributed by atoms with E-state index in [1.807, 2.05) is 6.92 Å². The second-order valence-corrected chi connectivity index (χ2v) is 5.11. The van der Waals surface area contributed by atoms with Gasteiger partial charge in [0, 0.05) is 24.2 Å². The van der Waals surface area contributed by atoms with Crippen LogP contribution >= 0.6 is 11.6 Å². The van der Waals surface area contributed by atoms with E-state index in [2.05, 4.69) is 5.32 Å². The largest absolute Gasteiger partial charge is 0.377 e. The van der Waals surface area contributed by atoms with Crippen LogP contribution in [0.5, 0.6) is 0 Å². The van der Waals surface area contributed by atoms with Gasteiger partial charge in [-0.3, -0.25) is 10.1 Å². The number of halogens is 1. The van der Waals surface area contributed by atoms with Gasteiger partial charge in [-0.2, -0.15) is 0 Å². The summed E-state index contributed by atoms with van der Waals surface area (Å²) in [5.41, 5.74) is 0.209. The molecule has 1 unspecified atom stereocenters. The first kappa shape index (κ1) is 13.1. The molecular formula is C12H15ClN2O3. The predicted octanol–water partition coefficient (Wildman–Crippen LogP) is 3.23. The van der Waals surface area contributed by atoms with Crippen molar-refractivity contribution in [2.24, 2.45) is 0 Å². The first-order valence-electron chi connectivity index (χ1n) is 5.82. The van der Waals surface area contributed by atoms with Crippen LogP contribution in [0.3, 0.4) is 0 Å². The molecule has 1 N–H and O–H groups in total. The van der Waals surface area contributed by atoms with Crippen LogP contribution in [0.1, 0.15) is 19.8 Å². The van der Waals surface area contributed by atoms with Gasteiger partial charge in [0.15, 0.2) is 0 Å². The Morgan fingerprint density at radius 1 is 1.61 bits per heavy atom. The first-order chi connectivity index (χ1) is 8.50. The lowest BCUT2D eigenvalue weighted by atomic mass is 10.0. The van der Waals surface area contributed by atoms with Crippen LogP contribution in [0.15, 0.2) is 18.2 Å². The van der Waals surface area contributed by atoms with Crippen molar-refractivity contribution in [2.75, 3.05) is 18.5 Å². The molecule has 1 aromatic rings. The molecule has 18 heavy (non-hydrogen) atoms. The molecule has 0 spiro atoms. The Hall–Kier alpha value is -1.33. The van der Waals surface area contributed by atoms with Gasteiger partial charge in [0.2, 0.25) is 0 Å². The van der Waals surface area contributed by atoms with Gasteiger partial charge in [-0.25, -0.2) is 0 Å². The molecule has 1 saturated heterocycles. The summed E-state index contributed by atoms with van der Waals surface area (Å²) in [5, 5.41) is 14.4. The molecule has 1 heterocycles. The number of nitro groups is 1. The third kappa shape index (κ3) is 2.91. The lowest BCUT2D eigenvalue weighted by molar-refractivity contribution is -0.384. The summed E-state index contributed by atoms with van der Waals surface area (Å²) >= 11 is 5.86. The highest BCUT2D eigenvalue weighted by Gasteiger charge is 2.30. The molecule has 0 aromatic heterocycles. The van der Waals surface area contributed by atoms with Crippen LogP contribution in [0, 0.1) is 10.1 Å². The highest BCUT2D eigenvalue weighted by Crippen LogP contribution is 2.30.